The van der Waals surface area contributed by atoms with Crippen molar-refractivity contribution in [2.75, 3.05) is 121 Å². The molecule has 0 bridgehead atoms. The van der Waals surface area contributed by atoms with Crippen LogP contribution in [0, 0.1) is 0 Å². The largest absolute Gasteiger partial charge is 0.748 e. The predicted molar refractivity (Wildman–Crippen MR) is 492 cm³/mol. The lowest BCUT2D eigenvalue weighted by Gasteiger charge is -2.39. The number of hydrogen-bond donors (Lipinski definition) is 1. The summed E-state index contributed by atoms with van der Waals surface area (Å²) in [6.45, 7) is 54.8. The van der Waals surface area contributed by atoms with E-state index in [0.29, 0.717) is 73.8 Å². The van der Waals surface area contributed by atoms with E-state index < -0.39 is 36.8 Å². The van der Waals surface area contributed by atoms with E-state index in [1.165, 1.54) is 258 Å². The number of rotatable bonds is 61. The SMILES string of the molecule is CC1(C)C(/C=C/C2=C(c3cccc(OCCCCO)c3)C(=C/C=C3/N(CCCCSOO[O-])c4ccc(S(=O)(=O)[O-])cc4C3(C)C)/CCC2)=[N+](CCCCS(=O)(=O)[O-])c2ccc(SOO[O-])cc21.CCCC[N+](CCCC)(CCCC)CCCC.CCCC[N+](CCCC)(CCCC)CCCC.CCCC[N+](CCCC)(CCCC)CCCC. The van der Waals surface area contributed by atoms with Crippen LogP contribution in [0.5, 0.6) is 5.75 Å². The third-order valence-electron chi connectivity index (χ3n) is 24.3. The van der Waals surface area contributed by atoms with Crippen molar-refractivity contribution < 1.29 is 83.1 Å². The molecule has 19 nitrogen and oxygen atoms in total. The Labute approximate surface area is 734 Å². The highest BCUT2D eigenvalue weighted by Gasteiger charge is 2.45. The van der Waals surface area contributed by atoms with E-state index in [2.05, 4.69) is 149 Å². The number of anilines is 1. The summed E-state index contributed by atoms with van der Waals surface area (Å²) in [5.74, 6) is 0.727. The zero-order valence-electron chi connectivity index (χ0n) is 77.3. The molecule has 119 heavy (non-hydrogen) atoms. The summed E-state index contributed by atoms with van der Waals surface area (Å²) in [4.78, 5) is 2.50. The zero-order valence-corrected chi connectivity index (χ0v) is 80.5. The molecule has 682 valence electrons. The van der Waals surface area contributed by atoms with Gasteiger partial charge in [0.1, 0.15) is 22.4 Å². The van der Waals surface area contributed by atoms with Crippen molar-refractivity contribution in [1.29, 1.82) is 0 Å². The molecule has 2 heterocycles. The van der Waals surface area contributed by atoms with Gasteiger partial charge in [-0.15, -0.1) is 0 Å². The topological polar surface area (TPSA) is 233 Å². The minimum atomic E-state index is -4.73. The molecule has 1 N–H and O–H groups in total. The van der Waals surface area contributed by atoms with Gasteiger partial charge in [0.25, 0.3) is 0 Å². The maximum Gasteiger partial charge on any atom is 0.209 e. The highest BCUT2D eigenvalue weighted by Crippen LogP contribution is 2.50. The molecule has 3 aliphatic rings. The van der Waals surface area contributed by atoms with Crippen LogP contribution in [0.4, 0.5) is 11.4 Å². The Morgan fingerprint density at radius 1 is 0.513 bits per heavy atom. The van der Waals surface area contributed by atoms with Gasteiger partial charge >= 0.3 is 0 Å². The number of ether oxygens (including phenoxy) is 1. The van der Waals surface area contributed by atoms with E-state index in [-0.39, 0.29) is 17.9 Å². The van der Waals surface area contributed by atoms with E-state index in [1.54, 1.807) is 6.07 Å². The second-order valence-corrected chi connectivity index (χ2v) is 39.2. The van der Waals surface area contributed by atoms with Gasteiger partial charge in [-0.3, -0.25) is 10.1 Å². The number of allylic oxidation sites excluding steroid dienone is 8. The molecule has 0 radical (unpaired) electrons. The van der Waals surface area contributed by atoms with Crippen molar-refractivity contribution in [2.45, 2.75) is 343 Å². The van der Waals surface area contributed by atoms with Gasteiger partial charge in [0.15, 0.2) is 5.71 Å². The number of benzene rings is 3. The molecule has 0 unspecified atom stereocenters. The average molecular weight is 1740 g/mol. The predicted octanol–water partition coefficient (Wildman–Crippen LogP) is 22.1. The first-order chi connectivity index (χ1) is 57.1. The van der Waals surface area contributed by atoms with Crippen molar-refractivity contribution in [2.24, 2.45) is 0 Å². The summed E-state index contributed by atoms with van der Waals surface area (Å²) in [5, 5.41) is 37.4. The van der Waals surface area contributed by atoms with Crippen LogP contribution in [0.2, 0.25) is 0 Å². The fraction of sp³-hybridized carbons (Fsp3) is 0.719. The minimum absolute atomic E-state index is 0.0746. The Kier molecular flexibility index (Phi) is 55.6. The molecular weight excluding hydrogens is 1580 g/mol. The fourth-order valence-electron chi connectivity index (χ4n) is 17.2. The summed E-state index contributed by atoms with van der Waals surface area (Å²) >= 11 is 1.71. The molecule has 0 saturated carbocycles. The van der Waals surface area contributed by atoms with Crippen LogP contribution in [0.25, 0.3) is 5.57 Å². The van der Waals surface area contributed by atoms with E-state index in [1.807, 2.05) is 56.3 Å². The lowest BCUT2D eigenvalue weighted by molar-refractivity contribution is -0.929. The smallest absolute Gasteiger partial charge is 0.209 e. The maximum absolute atomic E-state index is 12.2. The van der Waals surface area contributed by atoms with E-state index in [4.69, 9.17) is 4.74 Å². The van der Waals surface area contributed by atoms with Crippen LogP contribution in [0.1, 0.15) is 339 Å². The average Bonchev–Trinajstić information content (AvgIpc) is 1.59. The highest BCUT2D eigenvalue weighted by molar-refractivity contribution is 7.94. The number of quaternary nitrogens is 3. The second-order valence-electron chi connectivity index (χ2n) is 34.7. The van der Waals surface area contributed by atoms with Crippen LogP contribution in [-0.4, -0.2) is 171 Å². The van der Waals surface area contributed by atoms with Crippen LogP contribution in [0.15, 0.2) is 112 Å². The molecule has 6 rings (SSSR count). The summed E-state index contributed by atoms with van der Waals surface area (Å²) in [6, 6.07) is 18.1. The first kappa shape index (κ1) is 109. The lowest BCUT2D eigenvalue weighted by atomic mass is 9.79. The monoisotopic (exact) mass is 1740 g/mol. The molecule has 0 saturated heterocycles. The van der Waals surface area contributed by atoms with Crippen molar-refractivity contribution in [3.8, 4) is 5.75 Å². The lowest BCUT2D eigenvalue weighted by Crippen LogP contribution is -2.50. The van der Waals surface area contributed by atoms with Gasteiger partial charge in [-0.25, -0.2) is 16.8 Å². The zero-order chi connectivity index (χ0) is 88.1. The molecule has 23 heteroatoms. The van der Waals surface area contributed by atoms with Gasteiger partial charge in [-0.1, -0.05) is 198 Å². The Morgan fingerprint density at radius 2 is 1.00 bits per heavy atom. The van der Waals surface area contributed by atoms with Crippen LogP contribution < -0.4 is 20.2 Å². The van der Waals surface area contributed by atoms with Crippen LogP contribution in [-0.2, 0) is 49.8 Å². The number of hydrogen-bond acceptors (Lipinski definition) is 17. The van der Waals surface area contributed by atoms with E-state index in [0.717, 1.165) is 94.0 Å². The highest BCUT2D eigenvalue weighted by atomic mass is 32.2. The number of aliphatic hydroxyl groups is 1. The molecule has 2 aliphatic heterocycles. The Balaban J connectivity index is 0.000000575. The van der Waals surface area contributed by atoms with Gasteiger partial charge in [0.05, 0.1) is 118 Å². The molecule has 0 atom stereocenters. The number of unbranched alkanes of at least 4 members (excludes halogenated alkanes) is 15. The minimum Gasteiger partial charge on any atom is -0.748 e. The van der Waals surface area contributed by atoms with E-state index in [9.17, 15) is 41.6 Å². The van der Waals surface area contributed by atoms with Crippen molar-refractivity contribution in [1.82, 2.24) is 0 Å². The number of nitrogens with zero attached hydrogens (tertiary/aromatic N) is 5. The van der Waals surface area contributed by atoms with Gasteiger partial charge < -0.3 is 47.8 Å². The summed E-state index contributed by atoms with van der Waals surface area (Å²) in [7, 11) is -9.11. The molecule has 0 aromatic heterocycles. The molecule has 0 fully saturated rings. The summed E-state index contributed by atoms with van der Waals surface area (Å²) in [5.41, 5.74) is 7.98. The molecule has 3 aromatic rings. The van der Waals surface area contributed by atoms with E-state index >= 15 is 0 Å². The number of aliphatic hydroxyl groups excluding tert-OH is 1. The van der Waals surface area contributed by atoms with Crippen LogP contribution in [0.3, 0.4) is 0 Å². The van der Waals surface area contributed by atoms with Gasteiger partial charge in [-0.05, 0) is 219 Å². The quantitative estimate of drug-likeness (QED) is 0.0105. The Hall–Kier alpha value is -3.99. The van der Waals surface area contributed by atoms with Crippen LogP contribution >= 0.6 is 24.1 Å². The number of fused-ring (bicyclic) bond motifs is 2. The van der Waals surface area contributed by atoms with Gasteiger partial charge in [0, 0.05) is 82.5 Å². The van der Waals surface area contributed by atoms with Crippen molar-refractivity contribution >= 4 is 67.0 Å². The standard InChI is InChI=1S/C48H60N2O14S4.3C16H36N/c1-47(2)40-32-38(66-64-62-53)19-21-42(40)50(26-6-10-30-67(54,55)56)44(47)23-17-34-13-11-14-35(46(34)36-15-12-16-37(31-36)60-28-8-7-27-51)18-24-45-48(3,4)41-33-39(68(57,58)59)20-22-43(41)49(45)25-5-9-29-65-63-61-52;3*1-5-9-13-17(14-10-6-2,15-11-7-3)16-12-8-4/h12,15-24,31-33,51H,5-11,13-14,25-30H2,1-4H3,(H3-,52,53,54,55,56,57,58,59);3*5-16H2,1-4H3/q;3*+1/p-3. The summed E-state index contributed by atoms with van der Waals surface area (Å²) in [6.07, 6.45) is 47.3. The van der Waals surface area contributed by atoms with Crippen molar-refractivity contribution in [3.63, 3.8) is 0 Å². The third kappa shape index (κ3) is 38.8. The molecular formula is C96H165N5O14S4. The third-order valence-corrected chi connectivity index (χ3v) is 27.1. The second kappa shape index (κ2) is 60.6. The maximum atomic E-state index is 12.2. The fourth-order valence-corrected chi connectivity index (χ4v) is 19.0. The first-order valence-electron chi connectivity index (χ1n) is 46.7. The Bertz CT molecular complexity index is 3470. The normalized spacial score (nSPS) is 15.5. The summed E-state index contributed by atoms with van der Waals surface area (Å²) < 4.78 is 92.8. The van der Waals surface area contributed by atoms with Gasteiger partial charge in [-0.2, -0.15) is 13.2 Å². The Morgan fingerprint density at radius 3 is 1.45 bits per heavy atom. The molecule has 3 aromatic carbocycles. The van der Waals surface area contributed by atoms with Crippen molar-refractivity contribution in [3.05, 3.63) is 119 Å². The molecule has 0 spiro atoms. The first-order valence-corrected chi connectivity index (χ1v) is 51.3. The molecule has 0 amide bonds. The van der Waals surface area contributed by atoms with Gasteiger partial charge in [0.2, 0.25) is 5.69 Å². The molecule has 1 aliphatic carbocycles.